The highest BCUT2D eigenvalue weighted by Crippen LogP contribution is 1.97. The van der Waals surface area contributed by atoms with Gasteiger partial charge in [-0.15, -0.1) is 0 Å². The smallest absolute Gasteiger partial charge is 0.0662 e. The molecule has 0 unspecified atom stereocenters. The lowest BCUT2D eigenvalue weighted by molar-refractivity contribution is 0.167. The number of hydrogen-bond acceptors (Lipinski definition) is 2. The summed E-state index contributed by atoms with van der Waals surface area (Å²) in [6.45, 7) is 3.48. The van der Waals surface area contributed by atoms with E-state index in [1.165, 1.54) is 5.56 Å². The summed E-state index contributed by atoms with van der Waals surface area (Å²) in [5, 5.41) is 12.5. The Bertz CT molecular complexity index is 223. The Morgan fingerprint density at radius 3 is 2.62 bits per heavy atom. The van der Waals surface area contributed by atoms with Crippen LogP contribution in [0.3, 0.4) is 0 Å². The molecule has 0 amide bonds. The van der Waals surface area contributed by atoms with Crippen molar-refractivity contribution < 1.29 is 5.11 Å². The summed E-state index contributed by atoms with van der Waals surface area (Å²) in [6.07, 6.45) is 0.589. The van der Waals surface area contributed by atoms with E-state index in [0.717, 1.165) is 13.0 Å². The molecule has 0 radical (unpaired) electrons. The summed E-state index contributed by atoms with van der Waals surface area (Å²) >= 11 is 0. The van der Waals surface area contributed by atoms with Crippen LogP contribution in [0.1, 0.15) is 18.9 Å². The summed E-state index contributed by atoms with van der Waals surface area (Å²) in [7, 11) is 0. The predicted molar refractivity (Wildman–Crippen MR) is 54.4 cm³/mol. The van der Waals surface area contributed by atoms with Crippen molar-refractivity contribution in [3.63, 3.8) is 0 Å². The number of aliphatic hydroxyl groups excluding tert-OH is 1. The molecule has 2 heteroatoms. The number of hydrogen-bond donors (Lipinski definition) is 2. The highest BCUT2D eigenvalue weighted by molar-refractivity contribution is 5.14. The van der Waals surface area contributed by atoms with E-state index in [9.17, 15) is 5.11 Å². The normalized spacial score (nSPS) is 12.8. The van der Waals surface area contributed by atoms with Crippen molar-refractivity contribution in [3.05, 3.63) is 35.9 Å². The monoisotopic (exact) mass is 179 g/mol. The Kier molecular flexibility index (Phi) is 4.50. The second-order valence-electron chi connectivity index (χ2n) is 3.18. The van der Waals surface area contributed by atoms with Crippen LogP contribution >= 0.6 is 0 Å². The Labute approximate surface area is 79.6 Å². The minimum Gasteiger partial charge on any atom is -0.392 e. The molecule has 2 N–H and O–H groups in total. The van der Waals surface area contributed by atoms with E-state index in [1.54, 1.807) is 0 Å². The lowest BCUT2D eigenvalue weighted by Gasteiger charge is -2.08. The number of benzene rings is 1. The van der Waals surface area contributed by atoms with E-state index >= 15 is 0 Å². The molecule has 0 spiro atoms. The van der Waals surface area contributed by atoms with Gasteiger partial charge in [0.05, 0.1) is 6.10 Å². The maximum atomic E-state index is 9.27. The number of rotatable bonds is 5. The maximum absolute atomic E-state index is 9.27. The Morgan fingerprint density at radius 2 is 2.00 bits per heavy atom. The van der Waals surface area contributed by atoms with Gasteiger partial charge in [-0.3, -0.25) is 0 Å². The largest absolute Gasteiger partial charge is 0.392 e. The third-order valence-electron chi connectivity index (χ3n) is 2.02. The zero-order valence-electron chi connectivity index (χ0n) is 8.03. The van der Waals surface area contributed by atoms with Crippen LogP contribution in [0.25, 0.3) is 0 Å². The average molecular weight is 179 g/mol. The summed E-state index contributed by atoms with van der Waals surface area (Å²) < 4.78 is 0. The summed E-state index contributed by atoms with van der Waals surface area (Å²) in [6, 6.07) is 10.2. The first-order valence-electron chi connectivity index (χ1n) is 4.75. The van der Waals surface area contributed by atoms with E-state index in [-0.39, 0.29) is 6.10 Å². The topological polar surface area (TPSA) is 32.3 Å². The highest BCUT2D eigenvalue weighted by Gasteiger charge is 1.98. The molecule has 0 fully saturated rings. The van der Waals surface area contributed by atoms with Crippen LogP contribution in [0, 0.1) is 0 Å². The zero-order chi connectivity index (χ0) is 9.52. The molecule has 72 valence electrons. The second-order valence-corrected chi connectivity index (χ2v) is 3.18. The molecule has 0 aliphatic carbocycles. The zero-order valence-corrected chi connectivity index (χ0v) is 8.03. The van der Waals surface area contributed by atoms with Crippen molar-refractivity contribution >= 4 is 0 Å². The minimum atomic E-state index is -0.219. The van der Waals surface area contributed by atoms with E-state index in [2.05, 4.69) is 17.4 Å². The van der Waals surface area contributed by atoms with Gasteiger partial charge in [-0.2, -0.15) is 0 Å². The van der Waals surface area contributed by atoms with E-state index in [1.807, 2.05) is 25.1 Å². The van der Waals surface area contributed by atoms with Crippen LogP contribution in [0.15, 0.2) is 30.3 Å². The Balaban J connectivity index is 2.20. The van der Waals surface area contributed by atoms with Gasteiger partial charge in [0, 0.05) is 13.1 Å². The molecule has 0 aliphatic heterocycles. The quantitative estimate of drug-likeness (QED) is 0.718. The first-order chi connectivity index (χ1) is 6.33. The molecule has 0 saturated heterocycles. The molecule has 2 nitrogen and oxygen atoms in total. The first-order valence-corrected chi connectivity index (χ1v) is 4.75. The third kappa shape index (κ3) is 4.06. The minimum absolute atomic E-state index is 0.219. The van der Waals surface area contributed by atoms with Gasteiger partial charge in [-0.25, -0.2) is 0 Å². The van der Waals surface area contributed by atoms with Crippen molar-refractivity contribution in [1.82, 2.24) is 5.32 Å². The SMILES string of the molecule is CC[C@@H](O)CNCc1ccccc1. The highest BCUT2D eigenvalue weighted by atomic mass is 16.3. The lowest BCUT2D eigenvalue weighted by Crippen LogP contribution is -2.25. The van der Waals surface area contributed by atoms with Crippen LogP contribution in [0.4, 0.5) is 0 Å². The van der Waals surface area contributed by atoms with Crippen LogP contribution in [0.5, 0.6) is 0 Å². The van der Waals surface area contributed by atoms with Crippen molar-refractivity contribution in [2.75, 3.05) is 6.54 Å². The summed E-state index contributed by atoms with van der Waals surface area (Å²) in [4.78, 5) is 0. The Hall–Kier alpha value is -0.860. The van der Waals surface area contributed by atoms with Gasteiger partial charge in [0.25, 0.3) is 0 Å². The molecule has 1 rings (SSSR count). The van der Waals surface area contributed by atoms with Gasteiger partial charge in [-0.05, 0) is 12.0 Å². The van der Waals surface area contributed by atoms with Crippen molar-refractivity contribution in [2.45, 2.75) is 26.0 Å². The fraction of sp³-hybridized carbons (Fsp3) is 0.455. The molecule has 0 heterocycles. The predicted octanol–water partition coefficient (Wildman–Crippen LogP) is 1.55. The molecule has 1 atom stereocenters. The number of aliphatic hydroxyl groups is 1. The van der Waals surface area contributed by atoms with Gasteiger partial charge >= 0.3 is 0 Å². The van der Waals surface area contributed by atoms with E-state index < -0.39 is 0 Å². The van der Waals surface area contributed by atoms with Crippen molar-refractivity contribution in [3.8, 4) is 0 Å². The molecule has 0 bridgehead atoms. The standard InChI is InChI=1S/C11H17NO/c1-2-11(13)9-12-8-10-6-4-3-5-7-10/h3-7,11-13H,2,8-9H2,1H3/t11-/m1/s1. The molecule has 13 heavy (non-hydrogen) atoms. The van der Waals surface area contributed by atoms with Crippen LogP contribution in [-0.2, 0) is 6.54 Å². The van der Waals surface area contributed by atoms with Gasteiger partial charge in [0.15, 0.2) is 0 Å². The second kappa shape index (κ2) is 5.73. The molecule has 0 aliphatic rings. The molecular formula is C11H17NO. The maximum Gasteiger partial charge on any atom is 0.0662 e. The van der Waals surface area contributed by atoms with Gasteiger partial charge < -0.3 is 10.4 Å². The molecule has 1 aromatic rings. The third-order valence-corrected chi connectivity index (χ3v) is 2.02. The van der Waals surface area contributed by atoms with Crippen LogP contribution < -0.4 is 5.32 Å². The Morgan fingerprint density at radius 1 is 1.31 bits per heavy atom. The molecule has 1 aromatic carbocycles. The van der Waals surface area contributed by atoms with Crippen LogP contribution in [0.2, 0.25) is 0 Å². The summed E-state index contributed by atoms with van der Waals surface area (Å²) in [5.41, 5.74) is 1.26. The van der Waals surface area contributed by atoms with Crippen molar-refractivity contribution in [2.24, 2.45) is 0 Å². The van der Waals surface area contributed by atoms with Crippen LogP contribution in [-0.4, -0.2) is 17.8 Å². The van der Waals surface area contributed by atoms with Crippen molar-refractivity contribution in [1.29, 1.82) is 0 Å². The van der Waals surface area contributed by atoms with Gasteiger partial charge in [0.2, 0.25) is 0 Å². The summed E-state index contributed by atoms with van der Waals surface area (Å²) in [5.74, 6) is 0. The fourth-order valence-corrected chi connectivity index (χ4v) is 1.12. The lowest BCUT2D eigenvalue weighted by atomic mass is 10.2. The number of nitrogens with one attached hydrogen (secondary N) is 1. The van der Waals surface area contributed by atoms with Gasteiger partial charge in [0.1, 0.15) is 0 Å². The van der Waals surface area contributed by atoms with E-state index in [4.69, 9.17) is 0 Å². The molecular weight excluding hydrogens is 162 g/mol. The van der Waals surface area contributed by atoms with Gasteiger partial charge in [-0.1, -0.05) is 37.3 Å². The average Bonchev–Trinajstić information content (AvgIpc) is 2.19. The molecule has 0 aromatic heterocycles. The molecule has 0 saturated carbocycles. The fourth-order valence-electron chi connectivity index (χ4n) is 1.12. The first kappa shape index (κ1) is 10.2. The van der Waals surface area contributed by atoms with E-state index in [0.29, 0.717) is 6.54 Å².